The van der Waals surface area contributed by atoms with Crippen molar-refractivity contribution in [1.82, 2.24) is 4.90 Å². The molecule has 1 amide bonds. The number of halogens is 1. The fraction of sp³-hybridized carbons (Fsp3) is 0.409. The van der Waals surface area contributed by atoms with Gasteiger partial charge in [-0.2, -0.15) is 0 Å². The molecule has 0 N–H and O–H groups in total. The Bertz CT molecular complexity index is 793. The third-order valence-corrected chi connectivity index (χ3v) is 4.94. The van der Waals surface area contributed by atoms with E-state index in [1.165, 1.54) is 12.1 Å². The fourth-order valence-corrected chi connectivity index (χ4v) is 3.30. The Kier molecular flexibility index (Phi) is 6.39. The molecular formula is C22H26FNO4. The number of nitrogens with zero attached hydrogens (tertiary/aromatic N) is 1. The first kappa shape index (κ1) is 20.0. The van der Waals surface area contributed by atoms with Gasteiger partial charge in [-0.1, -0.05) is 12.1 Å². The predicted molar refractivity (Wildman–Crippen MR) is 105 cm³/mol. The Labute approximate surface area is 165 Å². The van der Waals surface area contributed by atoms with Crippen molar-refractivity contribution in [1.29, 1.82) is 0 Å². The monoisotopic (exact) mass is 387 g/mol. The second-order valence-electron chi connectivity index (χ2n) is 6.91. The second-order valence-corrected chi connectivity index (χ2v) is 6.91. The van der Waals surface area contributed by atoms with E-state index in [9.17, 15) is 9.18 Å². The van der Waals surface area contributed by atoms with Gasteiger partial charge in [0.1, 0.15) is 5.82 Å². The number of carbonyl (C=O) groups is 1. The van der Waals surface area contributed by atoms with Crippen molar-refractivity contribution in [3.05, 3.63) is 53.3 Å². The summed E-state index contributed by atoms with van der Waals surface area (Å²) < 4.78 is 29.3. The van der Waals surface area contributed by atoms with E-state index in [0.29, 0.717) is 36.3 Å². The lowest BCUT2D eigenvalue weighted by molar-refractivity contribution is -0.131. The summed E-state index contributed by atoms with van der Waals surface area (Å²) in [7, 11) is 4.75. The highest BCUT2D eigenvalue weighted by atomic mass is 19.1. The minimum Gasteiger partial charge on any atom is -0.493 e. The quantitative estimate of drug-likeness (QED) is 0.659. The normalized spacial score (nSPS) is 13.1. The van der Waals surface area contributed by atoms with Crippen molar-refractivity contribution in [3.8, 4) is 17.2 Å². The highest BCUT2D eigenvalue weighted by Gasteiger charge is 2.32. The van der Waals surface area contributed by atoms with E-state index in [1.807, 2.05) is 17.0 Å². The number of methoxy groups -OCH3 is 3. The Balaban J connectivity index is 1.70. The summed E-state index contributed by atoms with van der Waals surface area (Å²) in [6.45, 7) is 0.614. The summed E-state index contributed by atoms with van der Waals surface area (Å²) >= 11 is 0. The summed E-state index contributed by atoms with van der Waals surface area (Å²) in [5.74, 6) is 1.54. The second kappa shape index (κ2) is 8.95. The zero-order valence-corrected chi connectivity index (χ0v) is 16.5. The lowest BCUT2D eigenvalue weighted by Crippen LogP contribution is -2.36. The first-order valence-corrected chi connectivity index (χ1v) is 9.38. The van der Waals surface area contributed by atoms with E-state index in [1.54, 1.807) is 33.5 Å². The van der Waals surface area contributed by atoms with Gasteiger partial charge in [-0.25, -0.2) is 4.39 Å². The van der Waals surface area contributed by atoms with Crippen LogP contribution in [0.25, 0.3) is 0 Å². The predicted octanol–water partition coefficient (Wildman–Crippen LogP) is 3.63. The summed E-state index contributed by atoms with van der Waals surface area (Å²) in [5.41, 5.74) is 1.83. The average Bonchev–Trinajstić information content (AvgIpc) is 3.54. The van der Waals surface area contributed by atoms with Gasteiger partial charge in [-0.05, 0) is 54.7 Å². The van der Waals surface area contributed by atoms with E-state index in [-0.39, 0.29) is 18.1 Å². The van der Waals surface area contributed by atoms with Crippen molar-refractivity contribution in [3.63, 3.8) is 0 Å². The standard InChI is InChI=1S/C22H26FNO4/c1-26-19-12-16(13-20(27-2)22(19)28-3)10-11-24(18-8-9-18)21(25)14-15-4-6-17(23)7-5-15/h4-7,12-13,18H,8-11,14H2,1-3H3. The van der Waals surface area contributed by atoms with E-state index < -0.39 is 0 Å². The lowest BCUT2D eigenvalue weighted by atomic mass is 10.1. The molecule has 1 saturated carbocycles. The molecule has 0 saturated heterocycles. The molecule has 1 aliphatic rings. The zero-order chi connectivity index (χ0) is 20.1. The van der Waals surface area contributed by atoms with Crippen LogP contribution in [0.1, 0.15) is 24.0 Å². The van der Waals surface area contributed by atoms with Gasteiger partial charge in [0, 0.05) is 12.6 Å². The molecule has 0 spiro atoms. The van der Waals surface area contributed by atoms with Gasteiger partial charge >= 0.3 is 0 Å². The van der Waals surface area contributed by atoms with Crippen molar-refractivity contribution < 1.29 is 23.4 Å². The smallest absolute Gasteiger partial charge is 0.227 e. The molecule has 2 aromatic carbocycles. The third kappa shape index (κ3) is 4.74. The molecule has 0 unspecified atom stereocenters. The maximum absolute atomic E-state index is 13.1. The number of hydrogen-bond acceptors (Lipinski definition) is 4. The summed E-state index contributed by atoms with van der Waals surface area (Å²) in [4.78, 5) is 14.7. The first-order valence-electron chi connectivity index (χ1n) is 9.38. The molecule has 0 radical (unpaired) electrons. The molecule has 6 heteroatoms. The van der Waals surface area contributed by atoms with Crippen LogP contribution >= 0.6 is 0 Å². The van der Waals surface area contributed by atoms with Crippen LogP contribution in [-0.4, -0.2) is 44.7 Å². The number of hydrogen-bond donors (Lipinski definition) is 0. The Hall–Kier alpha value is -2.76. The highest BCUT2D eigenvalue weighted by Crippen LogP contribution is 2.38. The molecule has 0 atom stereocenters. The van der Waals surface area contributed by atoms with E-state index in [4.69, 9.17) is 14.2 Å². The molecule has 1 fully saturated rings. The summed E-state index contributed by atoms with van der Waals surface area (Å²) in [6, 6.07) is 10.2. The van der Waals surface area contributed by atoms with Crippen LogP contribution in [0.2, 0.25) is 0 Å². The average molecular weight is 387 g/mol. The van der Waals surface area contributed by atoms with Crippen molar-refractivity contribution in [2.24, 2.45) is 0 Å². The largest absolute Gasteiger partial charge is 0.493 e. The van der Waals surface area contributed by atoms with E-state index in [2.05, 4.69) is 0 Å². The van der Waals surface area contributed by atoms with Crippen LogP contribution < -0.4 is 14.2 Å². The minimum absolute atomic E-state index is 0.0709. The number of amides is 1. The van der Waals surface area contributed by atoms with Crippen LogP contribution in [0.3, 0.4) is 0 Å². The number of benzene rings is 2. The summed E-state index contributed by atoms with van der Waals surface area (Å²) in [5, 5.41) is 0. The summed E-state index contributed by atoms with van der Waals surface area (Å²) in [6.07, 6.45) is 3.03. The third-order valence-electron chi connectivity index (χ3n) is 4.94. The van der Waals surface area contributed by atoms with Crippen molar-refractivity contribution in [2.45, 2.75) is 31.7 Å². The fourth-order valence-electron chi connectivity index (χ4n) is 3.30. The highest BCUT2D eigenvalue weighted by molar-refractivity contribution is 5.79. The molecule has 5 nitrogen and oxygen atoms in total. The van der Waals surface area contributed by atoms with Crippen LogP contribution in [-0.2, 0) is 17.6 Å². The van der Waals surface area contributed by atoms with Gasteiger partial charge < -0.3 is 19.1 Å². The van der Waals surface area contributed by atoms with Gasteiger partial charge in [0.25, 0.3) is 0 Å². The van der Waals surface area contributed by atoms with Crippen LogP contribution in [0.15, 0.2) is 36.4 Å². The van der Waals surface area contributed by atoms with E-state index in [0.717, 1.165) is 24.0 Å². The number of rotatable bonds is 9. The topological polar surface area (TPSA) is 48.0 Å². The Morgan fingerprint density at radius 1 is 1.00 bits per heavy atom. The minimum atomic E-state index is -0.294. The van der Waals surface area contributed by atoms with Crippen molar-refractivity contribution >= 4 is 5.91 Å². The molecule has 0 aromatic heterocycles. The number of carbonyl (C=O) groups excluding carboxylic acids is 1. The van der Waals surface area contributed by atoms with E-state index >= 15 is 0 Å². The maximum Gasteiger partial charge on any atom is 0.227 e. The van der Waals surface area contributed by atoms with Gasteiger partial charge in [-0.3, -0.25) is 4.79 Å². The van der Waals surface area contributed by atoms with Crippen LogP contribution in [0, 0.1) is 5.82 Å². The molecule has 28 heavy (non-hydrogen) atoms. The molecule has 0 aliphatic heterocycles. The SMILES string of the molecule is COc1cc(CCN(C(=O)Cc2ccc(F)cc2)C2CC2)cc(OC)c1OC. The molecule has 0 heterocycles. The lowest BCUT2D eigenvalue weighted by Gasteiger charge is -2.23. The first-order chi connectivity index (χ1) is 13.5. The molecule has 2 aromatic rings. The molecular weight excluding hydrogens is 361 g/mol. The number of ether oxygens (including phenoxy) is 3. The molecule has 3 rings (SSSR count). The van der Waals surface area contributed by atoms with Gasteiger partial charge in [0.15, 0.2) is 11.5 Å². The van der Waals surface area contributed by atoms with Crippen molar-refractivity contribution in [2.75, 3.05) is 27.9 Å². The molecule has 0 bridgehead atoms. The molecule has 150 valence electrons. The van der Waals surface area contributed by atoms with Crippen LogP contribution in [0.4, 0.5) is 4.39 Å². The Morgan fingerprint density at radius 2 is 1.61 bits per heavy atom. The van der Waals surface area contributed by atoms with Gasteiger partial charge in [0.2, 0.25) is 11.7 Å². The van der Waals surface area contributed by atoms with Gasteiger partial charge in [-0.15, -0.1) is 0 Å². The maximum atomic E-state index is 13.1. The van der Waals surface area contributed by atoms with Gasteiger partial charge in [0.05, 0.1) is 27.8 Å². The Morgan fingerprint density at radius 3 is 2.11 bits per heavy atom. The molecule has 1 aliphatic carbocycles. The zero-order valence-electron chi connectivity index (χ0n) is 16.5. The van der Waals surface area contributed by atoms with Crippen LogP contribution in [0.5, 0.6) is 17.2 Å².